The third kappa shape index (κ3) is 12.8. The molecule has 2 heterocycles. The molecule has 1 aliphatic carbocycles. The number of aliphatic hydroxyl groups excluding tert-OH is 1. The van der Waals surface area contributed by atoms with Gasteiger partial charge in [-0.3, -0.25) is 0 Å². The van der Waals surface area contributed by atoms with Crippen LogP contribution in [0.5, 0.6) is 0 Å². The molecule has 7 nitrogen and oxygen atoms in total. The van der Waals surface area contributed by atoms with Crippen molar-refractivity contribution in [2.24, 2.45) is 17.8 Å². The van der Waals surface area contributed by atoms with Crippen LogP contribution in [0.1, 0.15) is 104 Å². The molecule has 46 heavy (non-hydrogen) atoms. The van der Waals surface area contributed by atoms with Crippen LogP contribution in [0, 0.1) is 17.8 Å². The third-order valence-electron chi connectivity index (χ3n) is 9.52. The van der Waals surface area contributed by atoms with E-state index < -0.39 is 12.1 Å². The Kier molecular flexibility index (Phi) is 16.8. The standard InChI is InChI=1S/C38H58O7Se/c1-3-4-15-28(2)26-29(44-36-20-11-13-24-42-36)22-23-31-32(34(27-33(31)39)45-37-21-12-14-25-43-37)18-9-6-10-19-35(38(40)41)46-30-16-7-5-8-17-30/h5-9,16-17,22-23,28-29,31-37,39H,3-4,10-15,18-21,24-27H2,1-2H3,(H,40,41)/b9-6-,23-22+/t28-,29+,31+,32+,33+,34-,35?,36?,37?/m0/s1. The van der Waals surface area contributed by atoms with Crippen molar-refractivity contribution in [2.45, 2.75) is 139 Å². The van der Waals surface area contributed by atoms with Crippen LogP contribution in [0.15, 0.2) is 54.6 Å². The van der Waals surface area contributed by atoms with E-state index in [2.05, 4.69) is 38.2 Å². The Hall–Kier alpha value is -1.51. The molecular formula is C38H58O7Se. The fourth-order valence-corrected chi connectivity index (χ4v) is 8.97. The van der Waals surface area contributed by atoms with Crippen LogP contribution in [0.25, 0.3) is 0 Å². The Balaban J connectivity index is 1.41. The second kappa shape index (κ2) is 20.8. The molecular weight excluding hydrogens is 647 g/mol. The van der Waals surface area contributed by atoms with Crippen LogP contribution in [0.3, 0.4) is 0 Å². The first-order valence-corrected chi connectivity index (χ1v) is 19.8. The molecule has 0 bridgehead atoms. The van der Waals surface area contributed by atoms with Crippen LogP contribution < -0.4 is 4.46 Å². The minimum absolute atomic E-state index is 0.0561. The molecule has 9 atom stereocenters. The number of allylic oxidation sites excluding steroid dienone is 2. The van der Waals surface area contributed by atoms with E-state index >= 15 is 0 Å². The number of aliphatic carboxylic acids is 1. The smallest absolute Gasteiger partial charge is 0.353 e. The van der Waals surface area contributed by atoms with Gasteiger partial charge in [0.05, 0.1) is 0 Å². The van der Waals surface area contributed by atoms with Crippen molar-refractivity contribution in [1.29, 1.82) is 0 Å². The molecule has 0 radical (unpaired) electrons. The van der Waals surface area contributed by atoms with Gasteiger partial charge in [-0.1, -0.05) is 33.1 Å². The summed E-state index contributed by atoms with van der Waals surface area (Å²) in [4.78, 5) is 11.6. The summed E-state index contributed by atoms with van der Waals surface area (Å²) in [5, 5.41) is 21.2. The van der Waals surface area contributed by atoms with Gasteiger partial charge in [-0.15, -0.1) is 0 Å². The maximum absolute atomic E-state index is 12.0. The van der Waals surface area contributed by atoms with E-state index in [1.165, 1.54) is 19.3 Å². The second-order valence-corrected chi connectivity index (χ2v) is 16.1. The summed E-state index contributed by atoms with van der Waals surface area (Å²) < 4.78 is 26.0. The number of aliphatic hydroxyl groups is 1. The van der Waals surface area contributed by atoms with E-state index in [9.17, 15) is 15.0 Å². The normalized spacial score (nSPS) is 29.3. The minimum Gasteiger partial charge on any atom is -0.353 e. The molecule has 1 aromatic carbocycles. The number of rotatable bonds is 19. The minimum atomic E-state index is -0.721. The first-order valence-electron chi connectivity index (χ1n) is 17.9. The molecule has 258 valence electrons. The van der Waals surface area contributed by atoms with Gasteiger partial charge in [0, 0.05) is 6.61 Å². The van der Waals surface area contributed by atoms with Gasteiger partial charge in [0.15, 0.2) is 6.29 Å². The molecule has 3 unspecified atom stereocenters. The fourth-order valence-electron chi connectivity index (χ4n) is 6.88. The van der Waals surface area contributed by atoms with E-state index in [-0.39, 0.29) is 56.4 Å². The number of carbonyl (C=O) groups is 1. The van der Waals surface area contributed by atoms with Gasteiger partial charge in [-0.05, 0) is 31.6 Å². The summed E-state index contributed by atoms with van der Waals surface area (Å²) in [6, 6.07) is 9.94. The summed E-state index contributed by atoms with van der Waals surface area (Å²) in [6.07, 6.45) is 21.1. The molecule has 0 spiro atoms. The Morgan fingerprint density at radius 2 is 1.78 bits per heavy atom. The number of hydrogen-bond donors (Lipinski definition) is 2. The predicted octanol–water partition coefficient (Wildman–Crippen LogP) is 7.21. The van der Waals surface area contributed by atoms with Crippen molar-refractivity contribution in [3.63, 3.8) is 0 Å². The van der Waals surface area contributed by atoms with Gasteiger partial charge in [-0.25, -0.2) is 0 Å². The maximum atomic E-state index is 12.0. The van der Waals surface area contributed by atoms with E-state index in [4.69, 9.17) is 18.9 Å². The zero-order valence-corrected chi connectivity index (χ0v) is 29.8. The summed E-state index contributed by atoms with van der Waals surface area (Å²) in [6.45, 7) is 6.02. The molecule has 2 aliphatic heterocycles. The summed E-state index contributed by atoms with van der Waals surface area (Å²) in [5.74, 6) is -0.138. The van der Waals surface area contributed by atoms with Gasteiger partial charge in [0.25, 0.3) is 0 Å². The van der Waals surface area contributed by atoms with Crippen molar-refractivity contribution in [1.82, 2.24) is 0 Å². The Bertz CT molecular complexity index is 1040. The van der Waals surface area contributed by atoms with E-state index in [1.807, 2.05) is 30.3 Å². The van der Waals surface area contributed by atoms with Gasteiger partial charge in [0.1, 0.15) is 0 Å². The molecule has 0 amide bonds. The first kappa shape index (κ1) is 37.3. The molecule has 2 N–H and O–H groups in total. The van der Waals surface area contributed by atoms with Crippen LogP contribution in [-0.2, 0) is 23.7 Å². The zero-order chi connectivity index (χ0) is 32.6. The van der Waals surface area contributed by atoms with Crippen LogP contribution in [-0.4, -0.2) is 75.2 Å². The second-order valence-electron chi connectivity index (χ2n) is 13.4. The predicted molar refractivity (Wildman–Crippen MR) is 183 cm³/mol. The molecule has 0 aromatic heterocycles. The Morgan fingerprint density at radius 1 is 1.04 bits per heavy atom. The molecule has 3 fully saturated rings. The number of unbranched alkanes of at least 4 members (excludes halogenated alkanes) is 1. The topological polar surface area (TPSA) is 94.5 Å². The van der Waals surface area contributed by atoms with Crippen LogP contribution >= 0.6 is 0 Å². The van der Waals surface area contributed by atoms with E-state index in [0.717, 1.165) is 69.0 Å². The molecule has 8 heteroatoms. The third-order valence-corrected chi connectivity index (χ3v) is 12.2. The van der Waals surface area contributed by atoms with Crippen molar-refractivity contribution in [3.8, 4) is 0 Å². The Labute approximate surface area is 283 Å². The van der Waals surface area contributed by atoms with Crippen molar-refractivity contribution >= 4 is 25.4 Å². The number of hydrogen-bond acceptors (Lipinski definition) is 6. The van der Waals surface area contributed by atoms with Crippen molar-refractivity contribution in [2.75, 3.05) is 13.2 Å². The average Bonchev–Trinajstić information content (AvgIpc) is 3.35. The van der Waals surface area contributed by atoms with Gasteiger partial charge >= 0.3 is 202 Å². The molecule has 4 rings (SSSR count). The Morgan fingerprint density at radius 3 is 2.46 bits per heavy atom. The number of carboxylic acid groups (broad SMARTS) is 1. The van der Waals surface area contributed by atoms with Crippen molar-refractivity contribution in [3.05, 3.63) is 54.6 Å². The van der Waals surface area contributed by atoms with Gasteiger partial charge in [-0.2, -0.15) is 0 Å². The average molecular weight is 706 g/mol. The molecule has 1 saturated carbocycles. The summed E-state index contributed by atoms with van der Waals surface area (Å²) in [7, 11) is 0. The molecule has 2 saturated heterocycles. The van der Waals surface area contributed by atoms with Gasteiger partial charge < -0.3 is 4.74 Å². The molecule has 1 aromatic rings. The van der Waals surface area contributed by atoms with E-state index in [0.29, 0.717) is 25.2 Å². The monoisotopic (exact) mass is 706 g/mol. The SMILES string of the molecule is CCCC[C@H](C)C[C@@H](/C=C/[C@@H]1[C@@H](C/C=C\CCC([Se]c2ccccc2)C(=O)O)[C@@H](OC2CCCCO2)C[C@H]1O)OC1CCCCO1. The molecule has 3 aliphatic rings. The van der Waals surface area contributed by atoms with Gasteiger partial charge in [0.2, 0.25) is 0 Å². The first-order chi connectivity index (χ1) is 22.4. The summed E-state index contributed by atoms with van der Waals surface area (Å²) in [5.41, 5.74) is 0. The van der Waals surface area contributed by atoms with E-state index in [1.54, 1.807) is 0 Å². The zero-order valence-electron chi connectivity index (χ0n) is 28.0. The van der Waals surface area contributed by atoms with Crippen molar-refractivity contribution < 1.29 is 34.0 Å². The summed E-state index contributed by atoms with van der Waals surface area (Å²) >= 11 is -0.110. The van der Waals surface area contributed by atoms with Crippen LogP contribution in [0.2, 0.25) is 4.82 Å². The number of carboxylic acids is 1. The van der Waals surface area contributed by atoms with Crippen LogP contribution in [0.4, 0.5) is 0 Å². The fraction of sp³-hybridized carbons (Fsp3) is 0.711. The number of ether oxygens (including phenoxy) is 4. The quantitative estimate of drug-likeness (QED) is 0.116. The number of benzene rings is 1.